The van der Waals surface area contributed by atoms with Crippen LogP contribution >= 0.6 is 0 Å². The molecule has 1 heterocycles. The number of nitrogens with zero attached hydrogens (tertiary/aromatic N) is 1. The van der Waals surface area contributed by atoms with Crippen LogP contribution in [0.4, 0.5) is 0 Å². The molecule has 0 spiro atoms. The van der Waals surface area contributed by atoms with Crippen molar-refractivity contribution in [3.05, 3.63) is 48.0 Å². The summed E-state index contributed by atoms with van der Waals surface area (Å²) >= 11 is 0. The van der Waals surface area contributed by atoms with Gasteiger partial charge in [-0.25, -0.2) is 0 Å². The highest BCUT2D eigenvalue weighted by molar-refractivity contribution is 6.07. The summed E-state index contributed by atoms with van der Waals surface area (Å²) in [4.78, 5) is 15.0. The molecule has 1 aliphatic rings. The van der Waals surface area contributed by atoms with Crippen molar-refractivity contribution in [2.24, 2.45) is 0 Å². The van der Waals surface area contributed by atoms with Gasteiger partial charge >= 0.3 is 0 Å². The summed E-state index contributed by atoms with van der Waals surface area (Å²) < 4.78 is 0. The number of amides is 1. The maximum absolute atomic E-state index is 12.9. The first-order chi connectivity index (χ1) is 9.81. The number of rotatable bonds is 2. The molecule has 0 unspecified atom stereocenters. The van der Waals surface area contributed by atoms with Gasteiger partial charge in [-0.05, 0) is 42.5 Å². The second kappa shape index (κ2) is 5.66. The summed E-state index contributed by atoms with van der Waals surface area (Å²) in [6.45, 7) is 3.08. The normalized spacial score (nSPS) is 19.2. The number of likely N-dealkylation sites (tertiary alicyclic amines) is 1. The molecule has 1 aliphatic heterocycles. The fraction of sp³-hybridized carbons (Fsp3) is 0.389. The van der Waals surface area contributed by atoms with Gasteiger partial charge in [-0.15, -0.1) is 0 Å². The lowest BCUT2D eigenvalue weighted by molar-refractivity contribution is 0.0610. The van der Waals surface area contributed by atoms with E-state index in [1.165, 1.54) is 6.42 Å². The van der Waals surface area contributed by atoms with Crippen LogP contribution in [0, 0.1) is 0 Å². The first-order valence-corrected chi connectivity index (χ1v) is 7.60. The second-order valence-electron chi connectivity index (χ2n) is 5.58. The van der Waals surface area contributed by atoms with Gasteiger partial charge < -0.3 is 4.90 Å². The third kappa shape index (κ3) is 2.31. The fourth-order valence-corrected chi connectivity index (χ4v) is 3.26. The molecule has 1 atom stereocenters. The quantitative estimate of drug-likeness (QED) is 0.796. The Bertz CT molecular complexity index is 614. The molecule has 0 aliphatic carbocycles. The van der Waals surface area contributed by atoms with E-state index in [2.05, 4.69) is 24.0 Å². The van der Waals surface area contributed by atoms with Crippen molar-refractivity contribution >= 4 is 16.7 Å². The van der Waals surface area contributed by atoms with Crippen LogP contribution in [0.1, 0.15) is 43.0 Å². The van der Waals surface area contributed by atoms with Gasteiger partial charge in [0.2, 0.25) is 0 Å². The van der Waals surface area contributed by atoms with Crippen LogP contribution in [-0.4, -0.2) is 23.4 Å². The maximum Gasteiger partial charge on any atom is 0.254 e. The van der Waals surface area contributed by atoms with E-state index < -0.39 is 0 Å². The number of carbonyl (C=O) groups excluding carboxylic acids is 1. The number of fused-ring (bicyclic) bond motifs is 1. The molecule has 1 amide bonds. The molecular weight excluding hydrogens is 246 g/mol. The van der Waals surface area contributed by atoms with E-state index in [0.717, 1.165) is 42.1 Å². The molecule has 0 N–H and O–H groups in total. The van der Waals surface area contributed by atoms with E-state index >= 15 is 0 Å². The molecule has 0 bridgehead atoms. The Labute approximate surface area is 120 Å². The van der Waals surface area contributed by atoms with Crippen LogP contribution in [-0.2, 0) is 0 Å². The van der Waals surface area contributed by atoms with Gasteiger partial charge in [-0.1, -0.05) is 43.3 Å². The Morgan fingerprint density at radius 2 is 1.95 bits per heavy atom. The predicted octanol–water partition coefficient (Wildman–Crippen LogP) is 4.24. The number of benzene rings is 2. The number of carbonyl (C=O) groups is 1. The molecular formula is C18H21NO. The van der Waals surface area contributed by atoms with Crippen molar-refractivity contribution in [3.8, 4) is 0 Å². The Morgan fingerprint density at radius 3 is 2.80 bits per heavy atom. The molecule has 0 aromatic heterocycles. The summed E-state index contributed by atoms with van der Waals surface area (Å²) in [5.41, 5.74) is 0.850. The molecule has 2 heteroatoms. The Morgan fingerprint density at radius 1 is 1.15 bits per heavy atom. The highest BCUT2D eigenvalue weighted by atomic mass is 16.2. The maximum atomic E-state index is 12.9. The van der Waals surface area contributed by atoms with Crippen LogP contribution in [0.2, 0.25) is 0 Å². The van der Waals surface area contributed by atoms with Crippen molar-refractivity contribution in [3.63, 3.8) is 0 Å². The van der Waals surface area contributed by atoms with E-state index in [9.17, 15) is 4.79 Å². The van der Waals surface area contributed by atoms with Crippen molar-refractivity contribution in [1.29, 1.82) is 0 Å². The SMILES string of the molecule is CC[C@H]1CCCCN1C(=O)c1cccc2ccccc12. The lowest BCUT2D eigenvalue weighted by atomic mass is 9.97. The van der Waals surface area contributed by atoms with Crippen LogP contribution in [0.3, 0.4) is 0 Å². The van der Waals surface area contributed by atoms with Gasteiger partial charge in [0, 0.05) is 18.2 Å². The van der Waals surface area contributed by atoms with Gasteiger partial charge in [-0.3, -0.25) is 4.79 Å². The van der Waals surface area contributed by atoms with Crippen molar-refractivity contribution in [2.75, 3.05) is 6.54 Å². The lowest BCUT2D eigenvalue weighted by Crippen LogP contribution is -2.43. The van der Waals surface area contributed by atoms with Gasteiger partial charge in [0.05, 0.1) is 0 Å². The molecule has 104 valence electrons. The van der Waals surface area contributed by atoms with Crippen molar-refractivity contribution in [1.82, 2.24) is 4.90 Å². The zero-order valence-corrected chi connectivity index (χ0v) is 12.0. The third-order valence-corrected chi connectivity index (χ3v) is 4.38. The first-order valence-electron chi connectivity index (χ1n) is 7.60. The van der Waals surface area contributed by atoms with Crippen LogP contribution in [0.5, 0.6) is 0 Å². The zero-order valence-electron chi connectivity index (χ0n) is 12.0. The van der Waals surface area contributed by atoms with E-state index in [0.29, 0.717) is 6.04 Å². The highest BCUT2D eigenvalue weighted by Crippen LogP contribution is 2.25. The van der Waals surface area contributed by atoms with Crippen molar-refractivity contribution < 1.29 is 4.79 Å². The minimum absolute atomic E-state index is 0.202. The first kappa shape index (κ1) is 13.2. The molecule has 0 saturated carbocycles. The Balaban J connectivity index is 1.99. The Hall–Kier alpha value is -1.83. The number of piperidine rings is 1. The van der Waals surface area contributed by atoms with Gasteiger partial charge in [0.25, 0.3) is 5.91 Å². The predicted molar refractivity (Wildman–Crippen MR) is 82.9 cm³/mol. The highest BCUT2D eigenvalue weighted by Gasteiger charge is 2.26. The average Bonchev–Trinajstić information content (AvgIpc) is 2.53. The number of hydrogen-bond acceptors (Lipinski definition) is 1. The second-order valence-corrected chi connectivity index (χ2v) is 5.58. The summed E-state index contributed by atoms with van der Waals surface area (Å²) in [6.07, 6.45) is 4.58. The van der Waals surface area contributed by atoms with E-state index in [1.54, 1.807) is 0 Å². The Kier molecular flexibility index (Phi) is 3.72. The zero-order chi connectivity index (χ0) is 13.9. The van der Waals surface area contributed by atoms with E-state index in [4.69, 9.17) is 0 Å². The van der Waals surface area contributed by atoms with Crippen molar-refractivity contribution in [2.45, 2.75) is 38.6 Å². The molecule has 0 radical (unpaired) electrons. The van der Waals surface area contributed by atoms with Gasteiger partial charge in [0.1, 0.15) is 0 Å². The third-order valence-electron chi connectivity index (χ3n) is 4.38. The summed E-state index contributed by atoms with van der Waals surface area (Å²) in [5, 5.41) is 2.21. The molecule has 2 nitrogen and oxygen atoms in total. The van der Waals surface area contributed by atoms with Crippen LogP contribution < -0.4 is 0 Å². The van der Waals surface area contributed by atoms with Gasteiger partial charge in [-0.2, -0.15) is 0 Å². The average molecular weight is 267 g/mol. The largest absolute Gasteiger partial charge is 0.336 e. The topological polar surface area (TPSA) is 20.3 Å². The minimum Gasteiger partial charge on any atom is -0.336 e. The van der Waals surface area contributed by atoms with Crippen LogP contribution in [0.15, 0.2) is 42.5 Å². The minimum atomic E-state index is 0.202. The number of hydrogen-bond donors (Lipinski definition) is 0. The molecule has 1 saturated heterocycles. The van der Waals surface area contributed by atoms with E-state index in [1.807, 2.05) is 30.3 Å². The fourth-order valence-electron chi connectivity index (χ4n) is 3.26. The molecule has 2 aromatic rings. The van der Waals surface area contributed by atoms with Crippen LogP contribution in [0.25, 0.3) is 10.8 Å². The summed E-state index contributed by atoms with van der Waals surface area (Å²) in [7, 11) is 0. The molecule has 3 rings (SSSR count). The lowest BCUT2D eigenvalue weighted by Gasteiger charge is -2.35. The monoisotopic (exact) mass is 267 g/mol. The summed E-state index contributed by atoms with van der Waals surface area (Å²) in [6, 6.07) is 14.6. The smallest absolute Gasteiger partial charge is 0.254 e. The molecule has 1 fully saturated rings. The standard InChI is InChI=1S/C18H21NO/c1-2-15-10-5-6-13-19(15)18(20)17-12-7-9-14-8-3-4-11-16(14)17/h3-4,7-9,11-12,15H,2,5-6,10,13H2,1H3/t15-/m0/s1. The molecule has 20 heavy (non-hydrogen) atoms. The van der Waals surface area contributed by atoms with Gasteiger partial charge in [0.15, 0.2) is 0 Å². The summed E-state index contributed by atoms with van der Waals surface area (Å²) in [5.74, 6) is 0.202. The molecule has 2 aromatic carbocycles. The van der Waals surface area contributed by atoms with E-state index in [-0.39, 0.29) is 5.91 Å².